The van der Waals surface area contributed by atoms with Crippen molar-refractivity contribution >= 4 is 10.8 Å². The van der Waals surface area contributed by atoms with Crippen molar-refractivity contribution in [2.24, 2.45) is 0 Å². The normalized spacial score (nSPS) is 14.9. The predicted molar refractivity (Wildman–Crippen MR) is 191 cm³/mol. The van der Waals surface area contributed by atoms with Gasteiger partial charge in [-0.3, -0.25) is 0 Å². The van der Waals surface area contributed by atoms with Gasteiger partial charge in [0.25, 0.3) is 0 Å². The highest BCUT2D eigenvalue weighted by atomic mass is 14.9. The summed E-state index contributed by atoms with van der Waals surface area (Å²) in [5.74, 6) is 0.740. The average molecular weight is 591 g/mol. The topological polar surface area (TPSA) is 25.8 Å². The van der Waals surface area contributed by atoms with Crippen LogP contribution in [-0.4, -0.2) is 9.97 Å². The lowest BCUT2D eigenvalue weighted by atomic mass is 9.81. The van der Waals surface area contributed by atoms with E-state index >= 15 is 0 Å². The van der Waals surface area contributed by atoms with Crippen molar-refractivity contribution in [2.75, 3.05) is 0 Å². The van der Waals surface area contributed by atoms with Crippen molar-refractivity contribution < 1.29 is 0 Å². The van der Waals surface area contributed by atoms with E-state index in [2.05, 4.69) is 155 Å². The van der Waals surface area contributed by atoms with E-state index in [1.54, 1.807) is 0 Å². The third kappa shape index (κ3) is 3.83. The largest absolute Gasteiger partial charge is 0.228 e. The molecular weight excluding hydrogens is 556 g/mol. The first-order valence-electron chi connectivity index (χ1n) is 16.2. The van der Waals surface area contributed by atoms with Crippen LogP contribution in [0.15, 0.2) is 133 Å². The molecule has 0 fully saturated rings. The quantitative estimate of drug-likeness (QED) is 0.205. The van der Waals surface area contributed by atoms with E-state index in [0.717, 1.165) is 33.9 Å². The first-order chi connectivity index (χ1) is 22.3. The van der Waals surface area contributed by atoms with Gasteiger partial charge in [0.1, 0.15) is 0 Å². The van der Waals surface area contributed by atoms with Gasteiger partial charge in [0.15, 0.2) is 5.82 Å². The van der Waals surface area contributed by atoms with E-state index in [-0.39, 0.29) is 10.8 Å². The third-order valence-corrected chi connectivity index (χ3v) is 10.5. The first kappa shape index (κ1) is 27.0. The maximum atomic E-state index is 5.28. The molecule has 7 aromatic rings. The fourth-order valence-electron chi connectivity index (χ4n) is 8.00. The Morgan fingerprint density at radius 2 is 1.00 bits per heavy atom. The maximum absolute atomic E-state index is 5.28. The zero-order chi connectivity index (χ0) is 31.2. The summed E-state index contributed by atoms with van der Waals surface area (Å²) in [6.45, 7) is 9.36. The molecule has 6 aromatic carbocycles. The van der Waals surface area contributed by atoms with Crippen LogP contribution >= 0.6 is 0 Å². The average Bonchev–Trinajstić information content (AvgIpc) is 3.46. The minimum Gasteiger partial charge on any atom is -0.228 e. The lowest BCUT2D eigenvalue weighted by Gasteiger charge is -2.22. The molecule has 1 aromatic heterocycles. The van der Waals surface area contributed by atoms with Crippen molar-refractivity contribution in [3.05, 3.63) is 156 Å². The van der Waals surface area contributed by atoms with Gasteiger partial charge in [-0.25, -0.2) is 9.97 Å². The second kappa shape index (κ2) is 9.58. The molecule has 9 rings (SSSR count). The molecule has 0 radical (unpaired) electrons. The van der Waals surface area contributed by atoms with Crippen LogP contribution in [0.25, 0.3) is 66.9 Å². The standard InChI is InChI=1S/C44H34N2/c1-43(2)35-19-11-10-17-31(35)32-22-21-30(25-37(32)43)39-26-40(46-42(45-39)27-13-6-5-7-14-27)33-18-12-20-36-41(33)34-23-28-15-8-9-16-29(28)24-38(34)44(36,3)4/h5-26H,1-4H3. The summed E-state index contributed by atoms with van der Waals surface area (Å²) < 4.78 is 0. The SMILES string of the molecule is CC1(C)c2ccccc2-c2ccc(-c3cc(-c4cccc5c4-c4cc6ccccc6cc4C5(C)C)nc(-c4ccccc4)n3)cc21. The summed E-state index contributed by atoms with van der Waals surface area (Å²) >= 11 is 0. The molecular formula is C44H34N2. The molecule has 46 heavy (non-hydrogen) atoms. The fourth-order valence-corrected chi connectivity index (χ4v) is 8.00. The second-order valence-electron chi connectivity index (χ2n) is 13.9. The molecule has 0 atom stereocenters. The summed E-state index contributed by atoms with van der Waals surface area (Å²) in [5.41, 5.74) is 15.6. The lowest BCUT2D eigenvalue weighted by molar-refractivity contribution is 0.660. The van der Waals surface area contributed by atoms with Crippen molar-refractivity contribution in [2.45, 2.75) is 38.5 Å². The van der Waals surface area contributed by atoms with Gasteiger partial charge in [-0.05, 0) is 79.5 Å². The van der Waals surface area contributed by atoms with Crippen LogP contribution in [-0.2, 0) is 10.8 Å². The Kier molecular flexibility index (Phi) is 5.63. The van der Waals surface area contributed by atoms with Gasteiger partial charge in [0, 0.05) is 27.5 Å². The predicted octanol–water partition coefficient (Wildman–Crippen LogP) is 11.2. The van der Waals surface area contributed by atoms with Gasteiger partial charge in [-0.15, -0.1) is 0 Å². The molecule has 0 aliphatic heterocycles. The number of hydrogen-bond donors (Lipinski definition) is 0. The van der Waals surface area contributed by atoms with E-state index in [9.17, 15) is 0 Å². The summed E-state index contributed by atoms with van der Waals surface area (Å²) in [5, 5.41) is 2.54. The zero-order valence-electron chi connectivity index (χ0n) is 26.6. The molecule has 0 saturated carbocycles. The van der Waals surface area contributed by atoms with Crippen LogP contribution < -0.4 is 0 Å². The van der Waals surface area contributed by atoms with E-state index < -0.39 is 0 Å². The van der Waals surface area contributed by atoms with Crippen molar-refractivity contribution in [1.82, 2.24) is 9.97 Å². The summed E-state index contributed by atoms with van der Waals surface area (Å²) in [7, 11) is 0. The van der Waals surface area contributed by atoms with Gasteiger partial charge >= 0.3 is 0 Å². The molecule has 2 aliphatic rings. The fraction of sp³-hybridized carbons (Fsp3) is 0.136. The molecule has 1 heterocycles. The lowest BCUT2D eigenvalue weighted by Crippen LogP contribution is -2.15. The highest BCUT2D eigenvalue weighted by Crippen LogP contribution is 2.53. The molecule has 0 unspecified atom stereocenters. The minimum absolute atomic E-state index is 0.0849. The summed E-state index contributed by atoms with van der Waals surface area (Å²) in [6, 6.07) is 48.4. The number of aromatic nitrogens is 2. The Hall–Kier alpha value is -5.34. The zero-order valence-corrected chi connectivity index (χ0v) is 26.6. The van der Waals surface area contributed by atoms with E-state index in [4.69, 9.17) is 9.97 Å². The van der Waals surface area contributed by atoms with Crippen molar-refractivity contribution in [3.8, 4) is 56.2 Å². The van der Waals surface area contributed by atoms with Gasteiger partial charge < -0.3 is 0 Å². The molecule has 2 aliphatic carbocycles. The number of rotatable bonds is 3. The molecule has 2 nitrogen and oxygen atoms in total. The van der Waals surface area contributed by atoms with Crippen molar-refractivity contribution in [1.29, 1.82) is 0 Å². The Balaban J connectivity index is 1.28. The van der Waals surface area contributed by atoms with Gasteiger partial charge in [0.2, 0.25) is 0 Å². The maximum Gasteiger partial charge on any atom is 0.160 e. The molecule has 220 valence electrons. The molecule has 0 saturated heterocycles. The molecule has 0 N–H and O–H groups in total. The molecule has 0 amide bonds. The Labute approximate surface area is 270 Å². The summed E-state index contributed by atoms with van der Waals surface area (Å²) in [4.78, 5) is 10.5. The van der Waals surface area contributed by atoms with Gasteiger partial charge in [-0.2, -0.15) is 0 Å². The Morgan fingerprint density at radius 3 is 1.83 bits per heavy atom. The smallest absolute Gasteiger partial charge is 0.160 e. The van der Waals surface area contributed by atoms with Crippen LogP contribution in [0.4, 0.5) is 0 Å². The Bertz CT molecular complexity index is 2360. The number of nitrogens with zero attached hydrogens (tertiary/aromatic N) is 2. The van der Waals surface area contributed by atoms with Gasteiger partial charge in [0.05, 0.1) is 11.4 Å². The van der Waals surface area contributed by atoms with Crippen molar-refractivity contribution in [3.63, 3.8) is 0 Å². The highest BCUT2D eigenvalue weighted by molar-refractivity contribution is 5.98. The third-order valence-electron chi connectivity index (χ3n) is 10.5. The summed E-state index contributed by atoms with van der Waals surface area (Å²) in [6.07, 6.45) is 0. The van der Waals surface area contributed by atoms with Crippen LogP contribution in [0.5, 0.6) is 0 Å². The highest BCUT2D eigenvalue weighted by Gasteiger charge is 2.38. The monoisotopic (exact) mass is 590 g/mol. The molecule has 0 bridgehead atoms. The minimum atomic E-state index is -0.122. The first-order valence-corrected chi connectivity index (χ1v) is 16.2. The van der Waals surface area contributed by atoms with E-state index in [0.29, 0.717) is 0 Å². The van der Waals surface area contributed by atoms with E-state index in [1.165, 1.54) is 55.3 Å². The Morgan fingerprint density at radius 1 is 0.391 bits per heavy atom. The van der Waals surface area contributed by atoms with Crippen LogP contribution in [0.1, 0.15) is 49.9 Å². The van der Waals surface area contributed by atoms with E-state index in [1.807, 2.05) is 6.07 Å². The van der Waals surface area contributed by atoms with Crippen LogP contribution in [0.2, 0.25) is 0 Å². The number of fused-ring (bicyclic) bond motifs is 7. The molecule has 2 heteroatoms. The van der Waals surface area contributed by atoms with Crippen LogP contribution in [0, 0.1) is 0 Å². The number of benzene rings is 6. The van der Waals surface area contributed by atoms with Gasteiger partial charge in [-0.1, -0.05) is 137 Å². The molecule has 0 spiro atoms. The number of hydrogen-bond acceptors (Lipinski definition) is 2. The van der Waals surface area contributed by atoms with Crippen LogP contribution in [0.3, 0.4) is 0 Å². The second-order valence-corrected chi connectivity index (χ2v) is 13.9.